The van der Waals surface area contributed by atoms with Gasteiger partial charge in [-0.25, -0.2) is 0 Å². The SMILES string of the molecule is c1ccc(C2(c3ccccc3)c3ccccc3-c3c(N(c4ccc(-c5ccc(-c6ccc7ccccc7c6)cc5)cc4)c4ccccc4-c4ccc(-c5cccc6ccccc56)cc4)cccc32)cc1. The lowest BCUT2D eigenvalue weighted by molar-refractivity contribution is 0.768. The summed E-state index contributed by atoms with van der Waals surface area (Å²) < 4.78 is 0. The van der Waals surface area contributed by atoms with Crippen LogP contribution in [0.3, 0.4) is 0 Å². The van der Waals surface area contributed by atoms with E-state index in [1.54, 1.807) is 0 Å². The molecule has 0 saturated heterocycles. The molecule has 1 aliphatic carbocycles. The van der Waals surface area contributed by atoms with Gasteiger partial charge in [0.2, 0.25) is 0 Å². The fourth-order valence-electron chi connectivity index (χ4n) is 11.3. The van der Waals surface area contributed by atoms with Crippen LogP contribution in [0.5, 0.6) is 0 Å². The summed E-state index contributed by atoms with van der Waals surface area (Å²) >= 11 is 0. The largest absolute Gasteiger partial charge is 0.309 e. The molecule has 0 saturated carbocycles. The molecule has 0 aliphatic heterocycles. The van der Waals surface area contributed by atoms with E-state index in [1.807, 2.05) is 0 Å². The van der Waals surface area contributed by atoms with Gasteiger partial charge in [-0.1, -0.05) is 255 Å². The summed E-state index contributed by atoms with van der Waals surface area (Å²) in [5, 5.41) is 5.01. The summed E-state index contributed by atoms with van der Waals surface area (Å²) in [6, 6.07) is 105. The predicted molar refractivity (Wildman–Crippen MR) is 295 cm³/mol. The van der Waals surface area contributed by atoms with Crippen molar-refractivity contribution in [1.29, 1.82) is 0 Å². The summed E-state index contributed by atoms with van der Waals surface area (Å²) in [6.07, 6.45) is 0. The molecule has 1 aliphatic rings. The van der Waals surface area contributed by atoms with Crippen LogP contribution in [0.25, 0.3) is 77.2 Å². The Morgan fingerprint density at radius 2 is 0.714 bits per heavy atom. The number of benzene rings is 12. The third kappa shape index (κ3) is 6.86. The van der Waals surface area contributed by atoms with Crippen molar-refractivity contribution in [1.82, 2.24) is 0 Å². The van der Waals surface area contributed by atoms with Gasteiger partial charge >= 0.3 is 0 Å². The van der Waals surface area contributed by atoms with Gasteiger partial charge in [0.05, 0.1) is 16.8 Å². The van der Waals surface area contributed by atoms with E-state index in [-0.39, 0.29) is 0 Å². The Bertz CT molecular complexity index is 3810. The highest BCUT2D eigenvalue weighted by atomic mass is 15.1. The summed E-state index contributed by atoms with van der Waals surface area (Å²) in [5.41, 5.74) is 19.8. The Kier molecular flexibility index (Phi) is 10.1. The van der Waals surface area contributed by atoms with Gasteiger partial charge in [-0.05, 0) is 119 Å². The first kappa shape index (κ1) is 41.2. The smallest absolute Gasteiger partial charge is 0.0714 e. The molecule has 0 N–H and O–H groups in total. The maximum Gasteiger partial charge on any atom is 0.0714 e. The summed E-state index contributed by atoms with van der Waals surface area (Å²) in [7, 11) is 0. The highest BCUT2D eigenvalue weighted by Crippen LogP contribution is 2.60. The molecule has 0 aromatic heterocycles. The first-order chi connectivity index (χ1) is 34.7. The number of fused-ring (bicyclic) bond motifs is 5. The molecule has 0 amide bonds. The lowest BCUT2D eigenvalue weighted by atomic mass is 9.68. The van der Waals surface area contributed by atoms with E-state index < -0.39 is 5.41 Å². The molecule has 70 heavy (non-hydrogen) atoms. The van der Waals surface area contributed by atoms with Crippen molar-refractivity contribution in [3.8, 4) is 55.6 Å². The van der Waals surface area contributed by atoms with Gasteiger partial charge < -0.3 is 4.90 Å². The van der Waals surface area contributed by atoms with Crippen molar-refractivity contribution in [3.05, 3.63) is 307 Å². The standard InChI is InChI=1S/C69H47N/c1-3-21-57(22-4-1)69(58-23-5-2-6-24-58)64-29-13-11-27-63(64)68-65(69)30-16-32-67(68)70(59-45-43-50(44-46-59)49-33-35-51(36-34-49)56-42-37-48-17-7-8-19-55(48)47-56)66-31-14-12-26-62(66)54-40-38-53(39-41-54)61-28-15-20-52-18-9-10-25-60(52)61/h1-47H. The molecule has 328 valence electrons. The van der Waals surface area contributed by atoms with Crippen LogP contribution in [0.1, 0.15) is 22.3 Å². The highest BCUT2D eigenvalue weighted by Gasteiger charge is 2.47. The number of rotatable bonds is 9. The molecule has 0 fully saturated rings. The fourth-order valence-corrected chi connectivity index (χ4v) is 11.3. The second-order valence-corrected chi connectivity index (χ2v) is 18.4. The van der Waals surface area contributed by atoms with Gasteiger partial charge in [0.15, 0.2) is 0 Å². The van der Waals surface area contributed by atoms with Crippen molar-refractivity contribution in [2.24, 2.45) is 0 Å². The van der Waals surface area contributed by atoms with Gasteiger partial charge in [-0.15, -0.1) is 0 Å². The Balaban J connectivity index is 0.974. The average molecular weight is 890 g/mol. The second-order valence-electron chi connectivity index (χ2n) is 18.4. The lowest BCUT2D eigenvalue weighted by Crippen LogP contribution is -2.28. The molecular weight excluding hydrogens is 843 g/mol. The second kappa shape index (κ2) is 17.2. The maximum absolute atomic E-state index is 2.50. The van der Waals surface area contributed by atoms with Gasteiger partial charge in [-0.3, -0.25) is 0 Å². The van der Waals surface area contributed by atoms with Crippen LogP contribution < -0.4 is 4.90 Å². The zero-order chi connectivity index (χ0) is 46.4. The molecule has 12 aromatic carbocycles. The van der Waals surface area contributed by atoms with Crippen molar-refractivity contribution >= 4 is 38.6 Å². The van der Waals surface area contributed by atoms with Gasteiger partial charge in [-0.2, -0.15) is 0 Å². The molecule has 0 unspecified atom stereocenters. The first-order valence-electron chi connectivity index (χ1n) is 24.2. The number of hydrogen-bond donors (Lipinski definition) is 0. The highest BCUT2D eigenvalue weighted by molar-refractivity contribution is 6.01. The van der Waals surface area contributed by atoms with Crippen LogP contribution in [0.2, 0.25) is 0 Å². The Morgan fingerprint density at radius 3 is 1.43 bits per heavy atom. The van der Waals surface area contributed by atoms with Crippen LogP contribution in [0.15, 0.2) is 285 Å². The topological polar surface area (TPSA) is 3.24 Å². The third-order valence-electron chi connectivity index (χ3n) is 14.6. The van der Waals surface area contributed by atoms with Crippen LogP contribution >= 0.6 is 0 Å². The van der Waals surface area contributed by atoms with E-state index in [1.165, 1.54) is 88.3 Å². The molecule has 0 spiro atoms. The number of anilines is 3. The van der Waals surface area contributed by atoms with E-state index in [0.717, 1.165) is 28.2 Å². The first-order valence-corrected chi connectivity index (χ1v) is 24.2. The molecule has 0 bridgehead atoms. The van der Waals surface area contributed by atoms with E-state index in [2.05, 4.69) is 290 Å². The predicted octanol–water partition coefficient (Wildman–Crippen LogP) is 18.5. The molecule has 1 nitrogen and oxygen atoms in total. The molecule has 0 atom stereocenters. The Labute approximate surface area is 409 Å². The quantitative estimate of drug-likeness (QED) is 0.140. The van der Waals surface area contributed by atoms with E-state index in [0.29, 0.717) is 0 Å². The molecule has 1 heteroatoms. The normalized spacial score (nSPS) is 12.4. The average Bonchev–Trinajstić information content (AvgIpc) is 3.75. The van der Waals surface area contributed by atoms with Gasteiger partial charge in [0, 0.05) is 16.8 Å². The summed E-state index contributed by atoms with van der Waals surface area (Å²) in [6.45, 7) is 0. The van der Waals surface area contributed by atoms with Crippen LogP contribution in [-0.4, -0.2) is 0 Å². The van der Waals surface area contributed by atoms with E-state index in [4.69, 9.17) is 0 Å². The van der Waals surface area contributed by atoms with Crippen molar-refractivity contribution < 1.29 is 0 Å². The van der Waals surface area contributed by atoms with Crippen LogP contribution in [-0.2, 0) is 5.41 Å². The molecular formula is C69H47N. The van der Waals surface area contributed by atoms with Gasteiger partial charge in [0.25, 0.3) is 0 Å². The molecule has 12 aromatic rings. The maximum atomic E-state index is 2.50. The minimum Gasteiger partial charge on any atom is -0.309 e. The van der Waals surface area contributed by atoms with Crippen molar-refractivity contribution in [2.75, 3.05) is 4.90 Å². The van der Waals surface area contributed by atoms with Crippen LogP contribution in [0.4, 0.5) is 17.1 Å². The fraction of sp³-hybridized carbons (Fsp3) is 0.0145. The van der Waals surface area contributed by atoms with E-state index in [9.17, 15) is 0 Å². The van der Waals surface area contributed by atoms with Crippen molar-refractivity contribution in [3.63, 3.8) is 0 Å². The molecule has 0 radical (unpaired) electrons. The van der Waals surface area contributed by atoms with E-state index >= 15 is 0 Å². The summed E-state index contributed by atoms with van der Waals surface area (Å²) in [5.74, 6) is 0. The van der Waals surface area contributed by atoms with Crippen molar-refractivity contribution in [2.45, 2.75) is 5.41 Å². The molecule has 0 heterocycles. The summed E-state index contributed by atoms with van der Waals surface area (Å²) in [4.78, 5) is 2.50. The van der Waals surface area contributed by atoms with Crippen LogP contribution in [0, 0.1) is 0 Å². The number of hydrogen-bond acceptors (Lipinski definition) is 1. The molecule has 13 rings (SSSR count). The minimum atomic E-state index is -0.532. The minimum absolute atomic E-state index is 0.532. The number of para-hydroxylation sites is 1. The Hall–Kier alpha value is -9.04. The zero-order valence-corrected chi connectivity index (χ0v) is 38.6. The third-order valence-corrected chi connectivity index (χ3v) is 14.6. The monoisotopic (exact) mass is 889 g/mol. The number of nitrogens with zero attached hydrogens (tertiary/aromatic N) is 1. The van der Waals surface area contributed by atoms with Gasteiger partial charge in [0.1, 0.15) is 0 Å². The zero-order valence-electron chi connectivity index (χ0n) is 38.6. The lowest BCUT2D eigenvalue weighted by Gasteiger charge is -2.34. The Morgan fingerprint density at radius 1 is 0.257 bits per heavy atom.